The Kier molecular flexibility index (Phi) is 7.74. The van der Waals surface area contributed by atoms with Gasteiger partial charge < -0.3 is 15.4 Å². The van der Waals surface area contributed by atoms with E-state index in [2.05, 4.69) is 10.6 Å². The first-order chi connectivity index (χ1) is 12.0. The Morgan fingerprint density at radius 3 is 2.23 bits per heavy atom. The summed E-state index contributed by atoms with van der Waals surface area (Å²) in [5.41, 5.74) is -0.383. The van der Waals surface area contributed by atoms with Crippen LogP contribution in [0.4, 0.5) is 9.18 Å². The van der Waals surface area contributed by atoms with Crippen LogP contribution in [0.25, 0.3) is 0 Å². The van der Waals surface area contributed by atoms with E-state index in [0.717, 1.165) is 0 Å². The van der Waals surface area contributed by atoms with Gasteiger partial charge >= 0.3 is 6.09 Å². The monoisotopic (exact) mass is 366 g/mol. The largest absolute Gasteiger partial charge is 0.444 e. The van der Waals surface area contributed by atoms with Gasteiger partial charge in [-0.1, -0.05) is 20.3 Å². The van der Waals surface area contributed by atoms with Gasteiger partial charge in [0.1, 0.15) is 17.5 Å². The molecule has 7 heteroatoms. The fraction of sp³-hybridized carbons (Fsp3) is 0.526. The highest BCUT2D eigenvalue weighted by Crippen LogP contribution is 2.11. The quantitative estimate of drug-likeness (QED) is 0.727. The number of nitrogens with one attached hydrogen (secondary N) is 2. The van der Waals surface area contributed by atoms with Crippen molar-refractivity contribution in [3.8, 4) is 0 Å². The molecule has 2 amide bonds. The minimum Gasteiger partial charge on any atom is -0.444 e. The van der Waals surface area contributed by atoms with Crippen molar-refractivity contribution < 1.29 is 23.5 Å². The predicted octanol–water partition coefficient (Wildman–Crippen LogP) is 3.06. The first-order valence-electron chi connectivity index (χ1n) is 8.59. The molecular formula is C19H27FN2O4. The summed E-state index contributed by atoms with van der Waals surface area (Å²) in [6.07, 6.45) is -0.0393. The second-order valence-electron chi connectivity index (χ2n) is 7.16. The molecule has 0 spiro atoms. The maximum absolute atomic E-state index is 12.9. The molecule has 0 aliphatic heterocycles. The van der Waals surface area contributed by atoms with Gasteiger partial charge in [-0.2, -0.15) is 0 Å². The van der Waals surface area contributed by atoms with Crippen LogP contribution in [0.1, 0.15) is 51.4 Å². The number of amides is 2. The van der Waals surface area contributed by atoms with Crippen molar-refractivity contribution in [3.05, 3.63) is 35.6 Å². The van der Waals surface area contributed by atoms with Crippen molar-refractivity contribution in [2.24, 2.45) is 5.92 Å². The maximum atomic E-state index is 12.9. The van der Waals surface area contributed by atoms with E-state index >= 15 is 0 Å². The number of ether oxygens (including phenoxy) is 1. The number of hydrogen-bond donors (Lipinski definition) is 2. The smallest absolute Gasteiger partial charge is 0.408 e. The van der Waals surface area contributed by atoms with Crippen LogP contribution in [0.15, 0.2) is 24.3 Å². The Hall–Kier alpha value is -2.44. The maximum Gasteiger partial charge on any atom is 0.408 e. The Morgan fingerprint density at radius 1 is 1.15 bits per heavy atom. The number of halogens is 1. The summed E-state index contributed by atoms with van der Waals surface area (Å²) in [5.74, 6) is -1.41. The minimum atomic E-state index is -0.823. The molecule has 1 rings (SSSR count). The summed E-state index contributed by atoms with van der Waals surface area (Å²) in [4.78, 5) is 36.5. The number of hydrogen-bond acceptors (Lipinski definition) is 4. The van der Waals surface area contributed by atoms with E-state index in [9.17, 15) is 18.8 Å². The standard InChI is InChI=1S/C19H27FN2O4/c1-6-12(2)16(22-18(25)26-19(3,4)5)17(24)21-11-15(23)13-7-9-14(20)10-8-13/h7-10,12,16H,6,11H2,1-5H3,(H,21,24)(H,22,25). The Labute approximate surface area is 153 Å². The Morgan fingerprint density at radius 2 is 1.73 bits per heavy atom. The number of benzene rings is 1. The average molecular weight is 366 g/mol. The highest BCUT2D eigenvalue weighted by Gasteiger charge is 2.28. The molecular weight excluding hydrogens is 339 g/mol. The summed E-state index contributed by atoms with van der Waals surface area (Å²) < 4.78 is 18.1. The highest BCUT2D eigenvalue weighted by atomic mass is 19.1. The molecule has 26 heavy (non-hydrogen) atoms. The number of ketones is 1. The second kappa shape index (κ2) is 9.31. The second-order valence-corrected chi connectivity index (χ2v) is 7.16. The van der Waals surface area contributed by atoms with E-state index in [1.807, 2.05) is 13.8 Å². The summed E-state index contributed by atoms with van der Waals surface area (Å²) in [6, 6.07) is 4.25. The lowest BCUT2D eigenvalue weighted by Crippen LogP contribution is -2.52. The van der Waals surface area contributed by atoms with Gasteiger partial charge in [0.2, 0.25) is 5.91 Å². The SMILES string of the molecule is CCC(C)C(NC(=O)OC(C)(C)C)C(=O)NCC(=O)c1ccc(F)cc1. The lowest BCUT2D eigenvalue weighted by Gasteiger charge is -2.26. The average Bonchev–Trinajstić information content (AvgIpc) is 2.55. The molecule has 2 N–H and O–H groups in total. The van der Waals surface area contributed by atoms with E-state index in [0.29, 0.717) is 12.0 Å². The van der Waals surface area contributed by atoms with E-state index in [1.54, 1.807) is 20.8 Å². The zero-order valence-corrected chi connectivity index (χ0v) is 15.9. The molecule has 0 saturated carbocycles. The zero-order valence-electron chi connectivity index (χ0n) is 15.9. The summed E-state index contributed by atoms with van der Waals surface area (Å²) >= 11 is 0. The Bertz CT molecular complexity index is 638. The lowest BCUT2D eigenvalue weighted by molar-refractivity contribution is -0.124. The van der Waals surface area contributed by atoms with E-state index < -0.39 is 29.5 Å². The molecule has 144 valence electrons. The number of alkyl carbamates (subject to hydrolysis) is 1. The molecule has 0 heterocycles. The molecule has 0 aliphatic rings. The van der Waals surface area contributed by atoms with Crippen LogP contribution in [0.5, 0.6) is 0 Å². The number of carbonyl (C=O) groups is 3. The topological polar surface area (TPSA) is 84.5 Å². The number of Topliss-reactive ketones (excluding diaryl/α,β-unsaturated/α-hetero) is 1. The molecule has 1 aromatic rings. The van der Waals surface area contributed by atoms with Crippen molar-refractivity contribution in [1.29, 1.82) is 0 Å². The molecule has 1 aromatic carbocycles. The van der Waals surface area contributed by atoms with Crippen LogP contribution < -0.4 is 10.6 Å². The van der Waals surface area contributed by atoms with Crippen LogP contribution in [0.2, 0.25) is 0 Å². The van der Waals surface area contributed by atoms with Gasteiger partial charge in [-0.05, 0) is 51.0 Å². The molecule has 0 radical (unpaired) electrons. The first kappa shape index (κ1) is 21.6. The predicted molar refractivity (Wildman–Crippen MR) is 96.4 cm³/mol. The zero-order chi connectivity index (χ0) is 19.9. The third kappa shape index (κ3) is 7.21. The third-order valence-corrected chi connectivity index (χ3v) is 3.76. The Balaban J connectivity index is 2.69. The molecule has 0 fully saturated rings. The van der Waals surface area contributed by atoms with Gasteiger partial charge in [-0.25, -0.2) is 9.18 Å². The molecule has 0 bridgehead atoms. The van der Waals surface area contributed by atoms with E-state index in [4.69, 9.17) is 4.74 Å². The molecule has 6 nitrogen and oxygen atoms in total. The molecule has 0 aromatic heterocycles. The molecule has 2 atom stereocenters. The number of carbonyl (C=O) groups excluding carboxylic acids is 3. The van der Waals surface area contributed by atoms with Gasteiger partial charge in [0.05, 0.1) is 6.54 Å². The van der Waals surface area contributed by atoms with Gasteiger partial charge in [-0.3, -0.25) is 9.59 Å². The lowest BCUT2D eigenvalue weighted by atomic mass is 9.98. The summed E-state index contributed by atoms with van der Waals surface area (Å²) in [7, 11) is 0. The van der Waals surface area contributed by atoms with Crippen LogP contribution >= 0.6 is 0 Å². The fourth-order valence-corrected chi connectivity index (χ4v) is 2.15. The van der Waals surface area contributed by atoms with Gasteiger partial charge in [0, 0.05) is 5.56 Å². The molecule has 0 aliphatic carbocycles. The minimum absolute atomic E-state index is 0.150. The van der Waals surface area contributed by atoms with Gasteiger partial charge in [-0.15, -0.1) is 0 Å². The normalized spacial score (nSPS) is 13.5. The van der Waals surface area contributed by atoms with Crippen LogP contribution in [-0.4, -0.2) is 36.0 Å². The molecule has 0 saturated heterocycles. The first-order valence-corrected chi connectivity index (χ1v) is 8.59. The van der Waals surface area contributed by atoms with Crippen molar-refractivity contribution >= 4 is 17.8 Å². The molecule has 2 unspecified atom stereocenters. The summed E-state index contributed by atoms with van der Waals surface area (Å²) in [6.45, 7) is 8.66. The van der Waals surface area contributed by atoms with Crippen LogP contribution in [0.3, 0.4) is 0 Å². The van der Waals surface area contributed by atoms with Crippen molar-refractivity contribution in [2.75, 3.05) is 6.54 Å². The van der Waals surface area contributed by atoms with Crippen molar-refractivity contribution in [1.82, 2.24) is 10.6 Å². The van der Waals surface area contributed by atoms with Crippen LogP contribution in [-0.2, 0) is 9.53 Å². The summed E-state index contributed by atoms with van der Waals surface area (Å²) in [5, 5.41) is 5.09. The fourth-order valence-electron chi connectivity index (χ4n) is 2.15. The number of rotatable bonds is 7. The van der Waals surface area contributed by atoms with Crippen molar-refractivity contribution in [3.63, 3.8) is 0 Å². The van der Waals surface area contributed by atoms with Crippen LogP contribution in [0, 0.1) is 11.7 Å². The van der Waals surface area contributed by atoms with Gasteiger partial charge in [0.15, 0.2) is 5.78 Å². The third-order valence-electron chi connectivity index (χ3n) is 3.76. The van der Waals surface area contributed by atoms with E-state index in [1.165, 1.54) is 24.3 Å². The highest BCUT2D eigenvalue weighted by molar-refractivity contribution is 6.00. The van der Waals surface area contributed by atoms with E-state index in [-0.39, 0.29) is 18.2 Å². The van der Waals surface area contributed by atoms with Crippen molar-refractivity contribution in [2.45, 2.75) is 52.7 Å². The van der Waals surface area contributed by atoms with Gasteiger partial charge in [0.25, 0.3) is 0 Å².